The molecule has 1 saturated heterocycles. The molecule has 6 N–H and O–H groups in total. The molecule has 0 amide bonds. The van der Waals surface area contributed by atoms with Crippen LogP contribution in [-0.4, -0.2) is 125 Å². The van der Waals surface area contributed by atoms with Gasteiger partial charge < -0.3 is 54.5 Å². The Morgan fingerprint density at radius 1 is 0.980 bits per heavy atom. The number of aliphatic hydroxyl groups excluding tert-OH is 2. The van der Waals surface area contributed by atoms with Crippen LogP contribution in [0.4, 0.5) is 0 Å². The average Bonchev–Trinajstić information content (AvgIpc) is 3.05. The van der Waals surface area contributed by atoms with Gasteiger partial charge >= 0.3 is 5.97 Å². The lowest BCUT2D eigenvalue weighted by Crippen LogP contribution is -2.73. The van der Waals surface area contributed by atoms with E-state index in [1.807, 2.05) is 0 Å². The van der Waals surface area contributed by atoms with E-state index in [-0.39, 0.29) is 16.8 Å². The van der Waals surface area contributed by atoms with E-state index in [1.54, 1.807) is 6.92 Å². The first-order valence-corrected chi connectivity index (χ1v) is 15.4. The summed E-state index contributed by atoms with van der Waals surface area (Å²) in [6, 6.07) is 2.20. The molecule has 0 bridgehead atoms. The van der Waals surface area contributed by atoms with Crippen LogP contribution in [-0.2, 0) is 31.0 Å². The number of phenolic OH excluding ortho intramolecular Hbond substituents is 1. The molecule has 0 aromatic heterocycles. The molecular formula is C34H35NO15. The Labute approximate surface area is 284 Å². The Bertz CT molecular complexity index is 1920. The molecule has 1 aliphatic heterocycles. The Kier molecular flexibility index (Phi) is 8.50. The second-order valence-electron chi connectivity index (χ2n) is 12.6. The van der Waals surface area contributed by atoms with Crippen LogP contribution in [0.25, 0.3) is 0 Å². The smallest absolute Gasteiger partial charge is 0.339 e. The molecule has 16 nitrogen and oxygen atoms in total. The molecule has 266 valence electrons. The molecule has 0 saturated carbocycles. The molecule has 4 aliphatic rings. The number of hydrogen-bond acceptors (Lipinski definition) is 15. The zero-order valence-electron chi connectivity index (χ0n) is 27.7. The summed E-state index contributed by atoms with van der Waals surface area (Å²) in [5, 5.41) is 59.0. The van der Waals surface area contributed by atoms with Crippen molar-refractivity contribution in [3.05, 3.63) is 68.4 Å². The fourth-order valence-corrected chi connectivity index (χ4v) is 7.94. The van der Waals surface area contributed by atoms with Gasteiger partial charge in [0.25, 0.3) is 0 Å². The molecule has 0 spiro atoms. The van der Waals surface area contributed by atoms with E-state index in [0.29, 0.717) is 0 Å². The Hall–Kier alpha value is -4.55. The number of nitrogens with one attached hydrogen (secondary N) is 1. The van der Waals surface area contributed by atoms with Gasteiger partial charge in [0.1, 0.15) is 35.4 Å². The third-order valence-corrected chi connectivity index (χ3v) is 10.2. The van der Waals surface area contributed by atoms with Gasteiger partial charge in [-0.2, -0.15) is 0 Å². The highest BCUT2D eigenvalue weighted by Crippen LogP contribution is 2.56. The number of carbonyl (C=O) groups is 5. The summed E-state index contributed by atoms with van der Waals surface area (Å²) in [5.41, 5.74) is -9.70. The standard InChI is InChI=1S/C34H35NO15/c1-11-7-13-8-18(37)34(49-6)30(42)21-15(29(41)33(34,45)22(13)27(47-4)19(11)32(43)44)9-14-20(24(21)39)17(36)10-16(23(14)38)35-31-28(48-5)25(40)26(46-3)12(2)50-31/h7,9-10,12,18,25-26,28,31,35,37,39-40,45H,8H2,1-6H3,(H,43,44)/t12-,18?,25+,26-,28+,31-,33?,34?/m0/s1. The fourth-order valence-electron chi connectivity index (χ4n) is 7.94. The number of Topliss-reactive ketones (excluding diaryl/α,β-unsaturated/α-hetero) is 3. The van der Waals surface area contributed by atoms with Gasteiger partial charge in [0, 0.05) is 50.5 Å². The molecule has 8 atom stereocenters. The lowest BCUT2D eigenvalue weighted by atomic mass is 9.56. The van der Waals surface area contributed by atoms with Crippen molar-refractivity contribution in [2.75, 3.05) is 28.4 Å². The fraction of sp³-hybridized carbons (Fsp3) is 0.441. The highest BCUT2D eigenvalue weighted by molar-refractivity contribution is 6.31. The normalized spacial score (nSPS) is 31.7. The zero-order chi connectivity index (χ0) is 36.8. The van der Waals surface area contributed by atoms with Gasteiger partial charge in [-0.05, 0) is 31.0 Å². The van der Waals surface area contributed by atoms with Crippen molar-refractivity contribution >= 4 is 29.1 Å². The minimum Gasteiger partial charge on any atom is -0.506 e. The van der Waals surface area contributed by atoms with E-state index in [9.17, 15) is 49.5 Å². The number of aryl methyl sites for hydroxylation is 1. The van der Waals surface area contributed by atoms with Crippen molar-refractivity contribution in [2.24, 2.45) is 0 Å². The average molecular weight is 698 g/mol. The maximum Gasteiger partial charge on any atom is 0.339 e. The van der Waals surface area contributed by atoms with Crippen molar-refractivity contribution < 1.29 is 73.2 Å². The molecule has 6 rings (SSSR count). The molecule has 3 unspecified atom stereocenters. The van der Waals surface area contributed by atoms with Crippen LogP contribution in [0.3, 0.4) is 0 Å². The Morgan fingerprint density at radius 3 is 2.22 bits per heavy atom. The van der Waals surface area contributed by atoms with Crippen LogP contribution in [0.5, 0.6) is 11.5 Å². The van der Waals surface area contributed by atoms with Gasteiger partial charge in [-0.3, -0.25) is 19.2 Å². The largest absolute Gasteiger partial charge is 0.506 e. The van der Waals surface area contributed by atoms with Crippen molar-refractivity contribution in [1.29, 1.82) is 0 Å². The minimum absolute atomic E-state index is 0.0757. The van der Waals surface area contributed by atoms with Crippen molar-refractivity contribution in [3.63, 3.8) is 0 Å². The Morgan fingerprint density at radius 2 is 1.64 bits per heavy atom. The van der Waals surface area contributed by atoms with Gasteiger partial charge in [0.05, 0.1) is 36.1 Å². The number of phenols is 1. The number of aliphatic hydroxyl groups is 3. The van der Waals surface area contributed by atoms with Gasteiger partial charge in [-0.25, -0.2) is 4.79 Å². The van der Waals surface area contributed by atoms with Gasteiger partial charge in [0.15, 0.2) is 23.2 Å². The lowest BCUT2D eigenvalue weighted by Gasteiger charge is -2.53. The summed E-state index contributed by atoms with van der Waals surface area (Å²) < 4.78 is 27.5. The summed E-state index contributed by atoms with van der Waals surface area (Å²) in [6.45, 7) is 3.06. The number of ketones is 4. The minimum atomic E-state index is -3.16. The number of carbonyl (C=O) groups excluding carboxylic acids is 4. The summed E-state index contributed by atoms with van der Waals surface area (Å²) in [4.78, 5) is 68.9. The number of fused-ring (bicyclic) bond motifs is 5. The number of ether oxygens (including phenoxy) is 5. The van der Waals surface area contributed by atoms with E-state index < -0.39 is 128 Å². The molecule has 2 aromatic carbocycles. The first-order valence-electron chi connectivity index (χ1n) is 15.4. The van der Waals surface area contributed by atoms with Crippen LogP contribution in [0.2, 0.25) is 0 Å². The summed E-state index contributed by atoms with van der Waals surface area (Å²) >= 11 is 0. The molecule has 1 fully saturated rings. The second kappa shape index (κ2) is 12.1. The molecule has 2 aromatic rings. The van der Waals surface area contributed by atoms with Gasteiger partial charge in [-0.15, -0.1) is 0 Å². The van der Waals surface area contributed by atoms with Crippen LogP contribution < -0.4 is 10.1 Å². The molecule has 16 heteroatoms. The predicted molar refractivity (Wildman–Crippen MR) is 167 cm³/mol. The molecule has 0 radical (unpaired) electrons. The first-order chi connectivity index (χ1) is 23.6. The third-order valence-electron chi connectivity index (χ3n) is 10.2. The summed E-state index contributed by atoms with van der Waals surface area (Å²) in [6.07, 6.45) is -6.47. The maximum absolute atomic E-state index is 14.7. The number of aromatic hydroxyl groups is 1. The lowest BCUT2D eigenvalue weighted by molar-refractivity contribution is -0.236. The number of hydrogen-bond donors (Lipinski definition) is 6. The topological polar surface area (TPSA) is 245 Å². The van der Waals surface area contributed by atoms with Gasteiger partial charge in [-0.1, -0.05) is 6.07 Å². The molecule has 1 heterocycles. The monoisotopic (exact) mass is 697 g/mol. The van der Waals surface area contributed by atoms with Gasteiger partial charge in [0.2, 0.25) is 17.3 Å². The van der Waals surface area contributed by atoms with Crippen LogP contribution in [0.1, 0.15) is 75.4 Å². The number of benzene rings is 2. The Balaban J connectivity index is 1.53. The number of aromatic carboxylic acids is 1. The quantitative estimate of drug-likeness (QED) is 0.222. The number of rotatable bonds is 7. The number of carboxylic acid groups (broad SMARTS) is 1. The van der Waals surface area contributed by atoms with Crippen molar-refractivity contribution in [2.45, 2.75) is 68.2 Å². The highest BCUT2D eigenvalue weighted by atomic mass is 16.6. The third kappa shape index (κ3) is 4.40. The predicted octanol–water partition coefficient (Wildman–Crippen LogP) is -0.0354. The molecular weight excluding hydrogens is 662 g/mol. The highest BCUT2D eigenvalue weighted by Gasteiger charge is 2.72. The van der Waals surface area contributed by atoms with Crippen LogP contribution in [0, 0.1) is 6.92 Å². The van der Waals surface area contributed by atoms with Crippen LogP contribution in [0.15, 0.2) is 23.9 Å². The van der Waals surface area contributed by atoms with E-state index in [0.717, 1.165) is 26.4 Å². The maximum atomic E-state index is 14.7. The van der Waals surface area contributed by atoms with E-state index in [2.05, 4.69) is 5.32 Å². The summed E-state index contributed by atoms with van der Waals surface area (Å²) in [5.74, 6) is -7.57. The van der Waals surface area contributed by atoms with E-state index in [1.165, 1.54) is 27.2 Å². The zero-order valence-corrected chi connectivity index (χ0v) is 27.7. The van der Waals surface area contributed by atoms with E-state index in [4.69, 9.17) is 23.7 Å². The summed E-state index contributed by atoms with van der Waals surface area (Å²) in [7, 11) is 4.70. The first kappa shape index (κ1) is 35.3. The van der Waals surface area contributed by atoms with Crippen molar-refractivity contribution in [3.8, 4) is 11.5 Å². The second-order valence-corrected chi connectivity index (χ2v) is 12.6. The van der Waals surface area contributed by atoms with Crippen molar-refractivity contribution in [1.82, 2.24) is 5.32 Å². The van der Waals surface area contributed by atoms with Crippen LogP contribution >= 0.6 is 0 Å². The molecule has 3 aliphatic carbocycles. The number of allylic oxidation sites excluding steroid dienone is 2. The van der Waals surface area contributed by atoms with E-state index >= 15 is 0 Å². The number of carboxylic acids is 1. The SMILES string of the molecule is COc1c(C(=O)O)c(C)cc2c1C1(O)C(=O)c3cc4c(c(O)c3C(=O)C1(OC)C(O)C2)C(=O)C=C(N[C@H]1O[C@@H](C)[C@H](OC)[C@@H](O)[C@H]1OC)C4=O. The molecule has 50 heavy (non-hydrogen) atoms. The number of methoxy groups -OCH3 is 4.